The standard InChI is InChI=1S/C16H14BrFO2S/c1-2-21(20)9-11-7-14(17)13(8-15(11)21)16(19)10-3-5-12(18)6-4-10/h3-8,21H,2,9H2,1H3. The molecule has 0 spiro atoms. The number of halogens is 2. The number of benzene rings is 2. The second-order valence-corrected chi connectivity index (χ2v) is 9.22. The zero-order valence-electron chi connectivity index (χ0n) is 11.4. The predicted octanol–water partition coefficient (Wildman–Crippen LogP) is 3.73. The maximum atomic E-state index is 12.9. The van der Waals surface area contributed by atoms with Gasteiger partial charge in [-0.25, -0.2) is 4.39 Å². The number of carbonyl (C=O) groups is 1. The van der Waals surface area contributed by atoms with E-state index in [1.807, 2.05) is 13.0 Å². The molecule has 21 heavy (non-hydrogen) atoms. The average Bonchev–Trinajstić information content (AvgIpc) is 2.46. The van der Waals surface area contributed by atoms with Gasteiger partial charge in [-0.2, -0.15) is 0 Å². The third-order valence-electron chi connectivity index (χ3n) is 3.89. The molecule has 3 rings (SSSR count). The summed E-state index contributed by atoms with van der Waals surface area (Å²) in [7, 11) is -2.28. The molecule has 110 valence electrons. The van der Waals surface area contributed by atoms with E-state index in [1.165, 1.54) is 24.3 Å². The van der Waals surface area contributed by atoms with Crippen LogP contribution in [0.5, 0.6) is 0 Å². The smallest absolute Gasteiger partial charge is 0.194 e. The van der Waals surface area contributed by atoms with Crippen molar-refractivity contribution < 1.29 is 13.4 Å². The molecule has 0 radical (unpaired) electrons. The average molecular weight is 369 g/mol. The maximum absolute atomic E-state index is 12.9. The predicted molar refractivity (Wildman–Crippen MR) is 86.0 cm³/mol. The van der Waals surface area contributed by atoms with Gasteiger partial charge in [0.2, 0.25) is 0 Å². The van der Waals surface area contributed by atoms with Crippen molar-refractivity contribution in [3.63, 3.8) is 0 Å². The minimum absolute atomic E-state index is 0.195. The summed E-state index contributed by atoms with van der Waals surface area (Å²) >= 11 is 3.40. The molecule has 0 unspecified atom stereocenters. The van der Waals surface area contributed by atoms with Crippen molar-refractivity contribution in [2.24, 2.45) is 0 Å². The lowest BCUT2D eigenvalue weighted by molar-refractivity contribution is 0.103. The molecule has 1 aliphatic heterocycles. The van der Waals surface area contributed by atoms with Crippen molar-refractivity contribution in [2.45, 2.75) is 17.6 Å². The normalized spacial score (nSPS) is 16.7. The van der Waals surface area contributed by atoms with E-state index in [4.69, 9.17) is 0 Å². The van der Waals surface area contributed by atoms with E-state index in [9.17, 15) is 13.4 Å². The molecule has 0 aliphatic carbocycles. The molecule has 0 N–H and O–H groups in total. The SMILES string of the molecule is CC[SH]1(=O)Cc2cc(Br)c(C(=O)c3ccc(F)cc3)cc21. The van der Waals surface area contributed by atoms with Crippen LogP contribution in [0.1, 0.15) is 28.4 Å². The molecule has 1 aliphatic rings. The first-order valence-corrected chi connectivity index (χ1v) is 9.53. The number of ketones is 1. The Bertz CT molecular complexity index is 784. The summed E-state index contributed by atoms with van der Waals surface area (Å²) in [5.74, 6) is 0.659. The molecule has 2 aromatic carbocycles. The highest BCUT2D eigenvalue weighted by atomic mass is 79.9. The molecule has 0 saturated heterocycles. The monoisotopic (exact) mass is 368 g/mol. The van der Waals surface area contributed by atoms with Crippen LogP contribution in [0.3, 0.4) is 0 Å². The van der Waals surface area contributed by atoms with Gasteiger partial charge in [0.1, 0.15) is 5.82 Å². The van der Waals surface area contributed by atoms with Gasteiger partial charge in [-0.1, -0.05) is 32.8 Å². The van der Waals surface area contributed by atoms with Crippen molar-refractivity contribution in [1.82, 2.24) is 0 Å². The van der Waals surface area contributed by atoms with E-state index >= 15 is 0 Å². The lowest BCUT2D eigenvalue weighted by Gasteiger charge is -2.35. The Kier molecular flexibility index (Phi) is 3.58. The number of carbonyl (C=O) groups excluding carboxylic acids is 1. The fourth-order valence-corrected chi connectivity index (χ4v) is 5.47. The van der Waals surface area contributed by atoms with Crippen LogP contribution < -0.4 is 0 Å². The molecule has 5 heteroatoms. The van der Waals surface area contributed by atoms with Crippen LogP contribution in [0.25, 0.3) is 0 Å². The van der Waals surface area contributed by atoms with Crippen LogP contribution in [0.4, 0.5) is 4.39 Å². The Morgan fingerprint density at radius 1 is 1.29 bits per heavy atom. The molecule has 1 heterocycles. The van der Waals surface area contributed by atoms with E-state index in [0.717, 1.165) is 10.5 Å². The summed E-state index contributed by atoms with van der Waals surface area (Å²) in [5, 5.41) is 0. The molecule has 0 amide bonds. The Morgan fingerprint density at radius 2 is 1.95 bits per heavy atom. The minimum Gasteiger partial charge on any atom is -0.289 e. The van der Waals surface area contributed by atoms with E-state index < -0.39 is 9.93 Å². The molecule has 0 saturated carbocycles. The maximum Gasteiger partial charge on any atom is 0.194 e. The van der Waals surface area contributed by atoms with Crippen molar-refractivity contribution >= 4 is 31.6 Å². The van der Waals surface area contributed by atoms with Gasteiger partial charge in [0.25, 0.3) is 0 Å². The first-order valence-electron chi connectivity index (χ1n) is 6.66. The van der Waals surface area contributed by atoms with E-state index in [-0.39, 0.29) is 11.6 Å². The molecule has 2 nitrogen and oxygen atoms in total. The zero-order valence-corrected chi connectivity index (χ0v) is 13.9. The Balaban J connectivity index is 2.05. The Hall–Kier alpha value is -1.33. The quantitative estimate of drug-likeness (QED) is 0.661. The fourth-order valence-electron chi connectivity index (χ4n) is 2.59. The third-order valence-corrected chi connectivity index (χ3v) is 7.72. The number of hydrogen-bond donors (Lipinski definition) is 1. The van der Waals surface area contributed by atoms with Gasteiger partial charge in [0.15, 0.2) is 5.78 Å². The third kappa shape index (κ3) is 2.38. The van der Waals surface area contributed by atoms with Gasteiger partial charge in [0, 0.05) is 32.0 Å². The lowest BCUT2D eigenvalue weighted by atomic mass is 10.0. The van der Waals surface area contributed by atoms with Crippen LogP contribution in [-0.4, -0.2) is 15.7 Å². The molecule has 0 fully saturated rings. The van der Waals surface area contributed by atoms with E-state index in [1.54, 1.807) is 6.07 Å². The summed E-state index contributed by atoms with van der Waals surface area (Å²) in [6.45, 7) is 1.91. The van der Waals surface area contributed by atoms with Crippen molar-refractivity contribution in [3.05, 3.63) is 63.4 Å². The summed E-state index contributed by atoms with van der Waals surface area (Å²) in [6.07, 6.45) is 0. The molecule has 2 aromatic rings. The van der Waals surface area contributed by atoms with Crippen LogP contribution in [0.2, 0.25) is 0 Å². The molecular formula is C16H14BrFO2S. The minimum atomic E-state index is -2.28. The van der Waals surface area contributed by atoms with Crippen LogP contribution in [0, 0.1) is 5.82 Å². The van der Waals surface area contributed by atoms with Crippen LogP contribution in [0.15, 0.2) is 45.8 Å². The first-order chi connectivity index (χ1) is 9.94. The molecule has 0 bridgehead atoms. The van der Waals surface area contributed by atoms with Gasteiger partial charge >= 0.3 is 0 Å². The Morgan fingerprint density at radius 3 is 2.57 bits per heavy atom. The van der Waals surface area contributed by atoms with Crippen LogP contribution >= 0.6 is 15.9 Å². The van der Waals surface area contributed by atoms with E-state index in [2.05, 4.69) is 15.9 Å². The summed E-state index contributed by atoms with van der Waals surface area (Å²) in [5.41, 5.74) is 1.94. The number of thiol groups is 1. The second-order valence-electron chi connectivity index (χ2n) is 5.16. The van der Waals surface area contributed by atoms with Crippen LogP contribution in [-0.2, 0) is 15.7 Å². The topological polar surface area (TPSA) is 34.1 Å². The van der Waals surface area contributed by atoms with Crippen molar-refractivity contribution in [1.29, 1.82) is 0 Å². The molecule has 0 aromatic heterocycles. The van der Waals surface area contributed by atoms with Crippen molar-refractivity contribution in [3.8, 4) is 0 Å². The van der Waals surface area contributed by atoms with Gasteiger partial charge in [-0.15, -0.1) is 0 Å². The summed E-state index contributed by atoms with van der Waals surface area (Å²) < 4.78 is 26.2. The van der Waals surface area contributed by atoms with Gasteiger partial charge in [0.05, 0.1) is 0 Å². The second kappa shape index (κ2) is 5.14. The highest BCUT2D eigenvalue weighted by Crippen LogP contribution is 2.41. The molecule has 0 atom stereocenters. The number of fused-ring (bicyclic) bond motifs is 1. The largest absolute Gasteiger partial charge is 0.289 e. The van der Waals surface area contributed by atoms with Crippen molar-refractivity contribution in [2.75, 3.05) is 5.75 Å². The number of hydrogen-bond acceptors (Lipinski definition) is 2. The highest BCUT2D eigenvalue weighted by Gasteiger charge is 2.32. The van der Waals surface area contributed by atoms with Gasteiger partial charge in [-0.05, 0) is 42.0 Å². The highest BCUT2D eigenvalue weighted by molar-refractivity contribution is 9.10. The zero-order chi connectivity index (χ0) is 15.2. The fraction of sp³-hybridized carbons (Fsp3) is 0.188. The summed E-state index contributed by atoms with van der Waals surface area (Å²) in [4.78, 5) is 13.3. The Labute approximate surface area is 131 Å². The molecular weight excluding hydrogens is 355 g/mol. The first kappa shape index (κ1) is 14.6. The lowest BCUT2D eigenvalue weighted by Crippen LogP contribution is -2.30. The van der Waals surface area contributed by atoms with E-state index in [0.29, 0.717) is 27.1 Å². The summed E-state index contributed by atoms with van der Waals surface area (Å²) in [6, 6.07) is 9.06. The van der Waals surface area contributed by atoms with Gasteiger partial charge < -0.3 is 0 Å². The number of rotatable bonds is 3. The van der Waals surface area contributed by atoms with Gasteiger partial charge in [-0.3, -0.25) is 9.00 Å².